The van der Waals surface area contributed by atoms with E-state index in [-0.39, 0.29) is 6.03 Å². The molecule has 0 radical (unpaired) electrons. The maximum Gasteiger partial charge on any atom is 0.323 e. The number of rotatable bonds is 3. The monoisotopic (exact) mass is 380 g/mol. The first-order chi connectivity index (χ1) is 13.5. The molecular weight excluding hydrogens is 356 g/mol. The lowest BCUT2D eigenvalue weighted by molar-refractivity contribution is 0.218. The first-order valence-corrected chi connectivity index (χ1v) is 9.71. The average Bonchev–Trinajstić information content (AvgIpc) is 3.38. The van der Waals surface area contributed by atoms with Gasteiger partial charge in [0.15, 0.2) is 5.82 Å². The zero-order valence-electron chi connectivity index (χ0n) is 16.0. The molecule has 1 saturated heterocycles. The molecular formula is C19H24N8O. The van der Waals surface area contributed by atoms with Crippen molar-refractivity contribution < 1.29 is 4.79 Å². The Labute approximate surface area is 162 Å². The minimum absolute atomic E-state index is 0.0640. The van der Waals surface area contributed by atoms with Crippen LogP contribution in [0.3, 0.4) is 0 Å². The standard InChI is InChI=1S/C19H24N8O/c1-10-5-16(26-25-10)24-19(28)27-8-12-6-14(7-13(12)9-27)23-18-15-3-4-20-17(15)21-11(2)22-18/h3-5,12-14H,6-9H2,1-2H3,(H2,20,21,22,23)(H2,24,25,26,28)/t12-,13+,14?. The molecule has 4 heterocycles. The van der Waals surface area contributed by atoms with Gasteiger partial charge in [-0.1, -0.05) is 0 Å². The number of urea groups is 1. The molecule has 2 aliphatic rings. The van der Waals surface area contributed by atoms with Crippen LogP contribution in [0.5, 0.6) is 0 Å². The molecule has 28 heavy (non-hydrogen) atoms. The van der Waals surface area contributed by atoms with Crippen molar-refractivity contribution in [3.8, 4) is 0 Å². The Bertz CT molecular complexity index is 1010. The van der Waals surface area contributed by atoms with Crippen LogP contribution >= 0.6 is 0 Å². The summed E-state index contributed by atoms with van der Waals surface area (Å²) < 4.78 is 0. The van der Waals surface area contributed by atoms with Crippen LogP contribution in [-0.2, 0) is 0 Å². The summed E-state index contributed by atoms with van der Waals surface area (Å²) >= 11 is 0. The molecule has 5 rings (SSSR count). The van der Waals surface area contributed by atoms with Gasteiger partial charge in [0.05, 0.1) is 5.39 Å². The lowest BCUT2D eigenvalue weighted by Gasteiger charge is -2.20. The quantitative estimate of drug-likeness (QED) is 0.558. The third-order valence-electron chi connectivity index (χ3n) is 5.85. The second-order valence-corrected chi connectivity index (χ2v) is 7.96. The normalized spacial score (nSPS) is 23.9. The van der Waals surface area contributed by atoms with Crippen molar-refractivity contribution in [2.75, 3.05) is 23.7 Å². The summed E-state index contributed by atoms with van der Waals surface area (Å²) in [5.74, 6) is 3.28. The number of carbonyl (C=O) groups excluding carboxylic acids is 1. The maximum absolute atomic E-state index is 12.5. The van der Waals surface area contributed by atoms with E-state index in [9.17, 15) is 4.79 Å². The fraction of sp³-hybridized carbons (Fsp3) is 0.474. The van der Waals surface area contributed by atoms with Gasteiger partial charge in [-0.2, -0.15) is 5.10 Å². The van der Waals surface area contributed by atoms with E-state index in [0.717, 1.165) is 54.3 Å². The summed E-state index contributed by atoms with van der Waals surface area (Å²) in [7, 11) is 0. The Morgan fingerprint density at radius 2 is 2.00 bits per heavy atom. The van der Waals surface area contributed by atoms with E-state index in [2.05, 4.69) is 35.8 Å². The minimum atomic E-state index is -0.0640. The molecule has 2 fully saturated rings. The number of hydrogen-bond acceptors (Lipinski definition) is 5. The highest BCUT2D eigenvalue weighted by Crippen LogP contribution is 2.39. The Kier molecular flexibility index (Phi) is 3.96. The molecule has 146 valence electrons. The highest BCUT2D eigenvalue weighted by molar-refractivity contribution is 5.88. The minimum Gasteiger partial charge on any atom is -0.367 e. The molecule has 0 spiro atoms. The topological polar surface area (TPSA) is 115 Å². The van der Waals surface area contributed by atoms with Gasteiger partial charge in [-0.15, -0.1) is 0 Å². The zero-order valence-corrected chi connectivity index (χ0v) is 16.0. The Hall–Kier alpha value is -3.10. The van der Waals surface area contributed by atoms with Gasteiger partial charge in [-0.25, -0.2) is 14.8 Å². The van der Waals surface area contributed by atoms with Gasteiger partial charge in [0.1, 0.15) is 17.3 Å². The molecule has 0 bridgehead atoms. The van der Waals surface area contributed by atoms with Crippen LogP contribution in [0.15, 0.2) is 18.3 Å². The van der Waals surface area contributed by atoms with Gasteiger partial charge in [-0.3, -0.25) is 10.4 Å². The van der Waals surface area contributed by atoms with E-state index in [1.165, 1.54) is 0 Å². The molecule has 1 unspecified atom stereocenters. The summed E-state index contributed by atoms with van der Waals surface area (Å²) in [6.07, 6.45) is 3.99. The number of amides is 2. The number of anilines is 2. The Balaban J connectivity index is 1.21. The Morgan fingerprint density at radius 3 is 2.71 bits per heavy atom. The molecule has 4 N–H and O–H groups in total. The number of aromatic nitrogens is 5. The maximum atomic E-state index is 12.5. The first-order valence-electron chi connectivity index (χ1n) is 9.71. The number of aromatic amines is 2. The van der Waals surface area contributed by atoms with Crippen LogP contribution in [0.2, 0.25) is 0 Å². The summed E-state index contributed by atoms with van der Waals surface area (Å²) in [4.78, 5) is 26.6. The van der Waals surface area contributed by atoms with Crippen molar-refractivity contribution >= 4 is 28.7 Å². The molecule has 1 saturated carbocycles. The number of nitrogens with one attached hydrogen (secondary N) is 4. The highest BCUT2D eigenvalue weighted by atomic mass is 16.2. The van der Waals surface area contributed by atoms with E-state index in [1.54, 1.807) is 0 Å². The molecule has 3 atom stereocenters. The molecule has 9 nitrogen and oxygen atoms in total. The van der Waals surface area contributed by atoms with Crippen molar-refractivity contribution in [3.63, 3.8) is 0 Å². The summed E-state index contributed by atoms with van der Waals surface area (Å²) in [5, 5.41) is 14.4. The van der Waals surface area contributed by atoms with Crippen molar-refractivity contribution in [1.82, 2.24) is 30.0 Å². The number of H-pyrrole nitrogens is 2. The summed E-state index contributed by atoms with van der Waals surface area (Å²) in [6, 6.07) is 4.16. The Morgan fingerprint density at radius 1 is 1.21 bits per heavy atom. The smallest absolute Gasteiger partial charge is 0.323 e. The molecule has 0 aromatic carbocycles. The third-order valence-corrected chi connectivity index (χ3v) is 5.85. The van der Waals surface area contributed by atoms with Gasteiger partial charge < -0.3 is 15.2 Å². The van der Waals surface area contributed by atoms with E-state index in [1.807, 2.05) is 37.1 Å². The fourth-order valence-electron chi connectivity index (χ4n) is 4.61. The van der Waals surface area contributed by atoms with Gasteiger partial charge in [0, 0.05) is 37.1 Å². The summed E-state index contributed by atoms with van der Waals surface area (Å²) in [6.45, 7) is 5.41. The van der Waals surface area contributed by atoms with E-state index < -0.39 is 0 Å². The molecule has 1 aliphatic carbocycles. The molecule has 9 heteroatoms. The molecule has 2 amide bonds. The average molecular weight is 380 g/mol. The molecule has 3 aromatic heterocycles. The zero-order chi connectivity index (χ0) is 19.3. The number of hydrogen-bond donors (Lipinski definition) is 4. The van der Waals surface area contributed by atoms with Crippen molar-refractivity contribution in [1.29, 1.82) is 0 Å². The van der Waals surface area contributed by atoms with Crippen molar-refractivity contribution in [2.24, 2.45) is 11.8 Å². The van der Waals surface area contributed by atoms with Gasteiger partial charge >= 0.3 is 6.03 Å². The van der Waals surface area contributed by atoms with Crippen LogP contribution in [0, 0.1) is 25.7 Å². The number of likely N-dealkylation sites (tertiary alicyclic amines) is 1. The molecule has 1 aliphatic heterocycles. The number of carbonyl (C=O) groups is 1. The number of aryl methyl sites for hydroxylation is 2. The number of fused-ring (bicyclic) bond motifs is 2. The van der Waals surface area contributed by atoms with Gasteiger partial charge in [0.2, 0.25) is 0 Å². The van der Waals surface area contributed by atoms with E-state index in [4.69, 9.17) is 0 Å². The lowest BCUT2D eigenvalue weighted by atomic mass is 10.0. The second kappa shape index (κ2) is 6.50. The van der Waals surface area contributed by atoms with Crippen LogP contribution in [0.25, 0.3) is 11.0 Å². The SMILES string of the molecule is Cc1nc(NC2C[C@@H]3CN(C(=O)Nc4cc(C)[nH]n4)C[C@@H]3C2)c2cc[nH]c2n1. The predicted molar refractivity (Wildman–Crippen MR) is 106 cm³/mol. The second-order valence-electron chi connectivity index (χ2n) is 7.96. The van der Waals surface area contributed by atoms with Crippen LogP contribution in [0.4, 0.5) is 16.4 Å². The van der Waals surface area contributed by atoms with E-state index in [0.29, 0.717) is 23.7 Å². The van der Waals surface area contributed by atoms with Crippen molar-refractivity contribution in [2.45, 2.75) is 32.7 Å². The van der Waals surface area contributed by atoms with Crippen LogP contribution in [0.1, 0.15) is 24.4 Å². The van der Waals surface area contributed by atoms with Gasteiger partial charge in [0.25, 0.3) is 0 Å². The fourth-order valence-corrected chi connectivity index (χ4v) is 4.61. The van der Waals surface area contributed by atoms with Crippen molar-refractivity contribution in [3.05, 3.63) is 29.8 Å². The number of nitrogens with zero attached hydrogens (tertiary/aromatic N) is 4. The first kappa shape index (κ1) is 17.0. The largest absolute Gasteiger partial charge is 0.367 e. The molecule has 3 aromatic rings. The third kappa shape index (κ3) is 3.06. The highest BCUT2D eigenvalue weighted by Gasteiger charge is 2.42. The van der Waals surface area contributed by atoms with E-state index >= 15 is 0 Å². The van der Waals surface area contributed by atoms with Gasteiger partial charge in [-0.05, 0) is 44.6 Å². The summed E-state index contributed by atoms with van der Waals surface area (Å²) in [5.41, 5.74) is 1.80. The lowest BCUT2D eigenvalue weighted by Crippen LogP contribution is -2.34. The van der Waals surface area contributed by atoms with Crippen LogP contribution < -0.4 is 10.6 Å². The predicted octanol–water partition coefficient (Wildman–Crippen LogP) is 2.65. The van der Waals surface area contributed by atoms with Crippen LogP contribution in [-0.4, -0.2) is 55.2 Å².